The summed E-state index contributed by atoms with van der Waals surface area (Å²) in [6, 6.07) is 5.39. The van der Waals surface area contributed by atoms with E-state index in [1.807, 2.05) is 12.1 Å². The fourth-order valence-corrected chi connectivity index (χ4v) is 3.42. The highest BCUT2D eigenvalue weighted by atomic mass is 35.5. The second-order valence-corrected chi connectivity index (χ2v) is 5.74. The number of rotatable bonds is 4. The van der Waals surface area contributed by atoms with Gasteiger partial charge in [0.2, 0.25) is 0 Å². The van der Waals surface area contributed by atoms with E-state index in [0.717, 1.165) is 31.5 Å². The highest BCUT2D eigenvalue weighted by Gasteiger charge is 2.43. The van der Waals surface area contributed by atoms with Gasteiger partial charge in [-0.3, -0.25) is 0 Å². The van der Waals surface area contributed by atoms with Gasteiger partial charge in [0, 0.05) is 12.0 Å². The molecule has 0 amide bonds. The summed E-state index contributed by atoms with van der Waals surface area (Å²) in [7, 11) is 0. The first kappa shape index (κ1) is 13.8. The van der Waals surface area contributed by atoms with Gasteiger partial charge < -0.3 is 5.32 Å². The van der Waals surface area contributed by atoms with Crippen LogP contribution >= 0.6 is 11.6 Å². The number of nitrogens with one attached hydrogen (secondary N) is 1. The quantitative estimate of drug-likeness (QED) is 0.866. The standard InChI is InChI=1S/C15H21ClFN/c1-3-18-10-15(9-5-6-11(15)2)12-7-4-8-13(16)14(12)17/h4,7-8,11,18H,3,5-6,9-10H2,1-2H3. The van der Waals surface area contributed by atoms with Gasteiger partial charge in [0.05, 0.1) is 5.02 Å². The van der Waals surface area contributed by atoms with Crippen LogP contribution in [0.1, 0.15) is 38.7 Å². The van der Waals surface area contributed by atoms with E-state index in [-0.39, 0.29) is 16.3 Å². The third-order valence-electron chi connectivity index (χ3n) is 4.38. The van der Waals surface area contributed by atoms with Gasteiger partial charge in [-0.05, 0) is 36.9 Å². The molecule has 1 saturated carbocycles. The van der Waals surface area contributed by atoms with Gasteiger partial charge in [-0.2, -0.15) is 0 Å². The fourth-order valence-electron chi connectivity index (χ4n) is 3.24. The molecule has 0 saturated heterocycles. The van der Waals surface area contributed by atoms with Crippen molar-refractivity contribution in [3.63, 3.8) is 0 Å². The molecule has 0 heterocycles. The lowest BCUT2D eigenvalue weighted by Gasteiger charge is -2.35. The summed E-state index contributed by atoms with van der Waals surface area (Å²) in [5.74, 6) is 0.260. The average molecular weight is 270 g/mol. The summed E-state index contributed by atoms with van der Waals surface area (Å²) >= 11 is 5.94. The van der Waals surface area contributed by atoms with E-state index in [1.54, 1.807) is 6.07 Å². The lowest BCUT2D eigenvalue weighted by Crippen LogP contribution is -2.41. The van der Waals surface area contributed by atoms with Gasteiger partial charge in [0.15, 0.2) is 0 Å². The SMILES string of the molecule is CCNCC1(c2cccc(Cl)c2F)CCCC1C. The summed E-state index contributed by atoms with van der Waals surface area (Å²) in [6.45, 7) is 6.06. The maximum atomic E-state index is 14.3. The topological polar surface area (TPSA) is 12.0 Å². The van der Waals surface area contributed by atoms with Crippen LogP contribution in [0.5, 0.6) is 0 Å². The van der Waals surface area contributed by atoms with Crippen molar-refractivity contribution in [2.24, 2.45) is 5.92 Å². The summed E-state index contributed by atoms with van der Waals surface area (Å²) < 4.78 is 14.3. The second-order valence-electron chi connectivity index (χ2n) is 5.33. The van der Waals surface area contributed by atoms with Gasteiger partial charge in [0.25, 0.3) is 0 Å². The van der Waals surface area contributed by atoms with Crippen molar-refractivity contribution in [3.8, 4) is 0 Å². The lowest BCUT2D eigenvalue weighted by molar-refractivity contribution is 0.309. The van der Waals surface area contributed by atoms with E-state index in [2.05, 4.69) is 19.2 Å². The zero-order chi connectivity index (χ0) is 13.2. The van der Waals surface area contributed by atoms with E-state index >= 15 is 0 Å². The van der Waals surface area contributed by atoms with E-state index in [0.29, 0.717) is 5.92 Å². The molecule has 0 radical (unpaired) electrons. The van der Waals surface area contributed by atoms with E-state index in [1.165, 1.54) is 6.42 Å². The molecule has 1 nitrogen and oxygen atoms in total. The van der Waals surface area contributed by atoms with Crippen molar-refractivity contribution in [3.05, 3.63) is 34.6 Å². The van der Waals surface area contributed by atoms with Gasteiger partial charge in [0.1, 0.15) is 5.82 Å². The van der Waals surface area contributed by atoms with E-state index < -0.39 is 0 Å². The Kier molecular flexibility index (Phi) is 4.29. The summed E-state index contributed by atoms with van der Waals surface area (Å²) in [6.07, 6.45) is 3.37. The maximum absolute atomic E-state index is 14.3. The van der Waals surface area contributed by atoms with Crippen LogP contribution in [0.2, 0.25) is 5.02 Å². The predicted octanol–water partition coefficient (Wildman–Crippen LogP) is 4.15. The van der Waals surface area contributed by atoms with Crippen molar-refractivity contribution < 1.29 is 4.39 Å². The van der Waals surface area contributed by atoms with Crippen LogP contribution in [-0.4, -0.2) is 13.1 Å². The largest absolute Gasteiger partial charge is 0.316 e. The Morgan fingerprint density at radius 3 is 2.89 bits per heavy atom. The van der Waals surface area contributed by atoms with Crippen LogP contribution in [0, 0.1) is 11.7 Å². The highest BCUT2D eigenvalue weighted by molar-refractivity contribution is 6.30. The van der Waals surface area contributed by atoms with Crippen LogP contribution < -0.4 is 5.32 Å². The minimum atomic E-state index is -0.231. The Bertz CT molecular complexity index is 421. The first-order chi connectivity index (χ1) is 8.62. The molecule has 100 valence electrons. The Labute approximate surface area is 114 Å². The zero-order valence-corrected chi connectivity index (χ0v) is 11.9. The summed E-state index contributed by atoms with van der Waals surface area (Å²) in [5, 5.41) is 3.64. The third-order valence-corrected chi connectivity index (χ3v) is 4.67. The van der Waals surface area contributed by atoms with Crippen LogP contribution in [0.4, 0.5) is 4.39 Å². The number of likely N-dealkylation sites (N-methyl/N-ethyl adjacent to an activating group) is 1. The Morgan fingerprint density at radius 2 is 2.28 bits per heavy atom. The smallest absolute Gasteiger partial charge is 0.145 e. The van der Waals surface area contributed by atoms with E-state index in [9.17, 15) is 4.39 Å². The molecule has 0 spiro atoms. The lowest BCUT2D eigenvalue weighted by atomic mass is 9.72. The molecule has 2 unspecified atom stereocenters. The van der Waals surface area contributed by atoms with Crippen molar-refractivity contribution >= 4 is 11.6 Å². The van der Waals surface area contributed by atoms with E-state index in [4.69, 9.17) is 11.6 Å². The molecule has 0 bridgehead atoms. The predicted molar refractivity (Wildman–Crippen MR) is 74.6 cm³/mol. The normalized spacial score (nSPS) is 27.7. The third kappa shape index (κ3) is 2.28. The Balaban J connectivity index is 2.43. The second kappa shape index (κ2) is 5.58. The molecular weight excluding hydrogens is 249 g/mol. The fraction of sp³-hybridized carbons (Fsp3) is 0.600. The molecular formula is C15H21ClFN. The highest BCUT2D eigenvalue weighted by Crippen LogP contribution is 2.46. The molecule has 0 aromatic heterocycles. The monoisotopic (exact) mass is 269 g/mol. The zero-order valence-electron chi connectivity index (χ0n) is 11.1. The van der Waals surface area contributed by atoms with Crippen LogP contribution in [0.25, 0.3) is 0 Å². The maximum Gasteiger partial charge on any atom is 0.145 e. The first-order valence-electron chi connectivity index (χ1n) is 6.77. The van der Waals surface area contributed by atoms with Crippen LogP contribution in [-0.2, 0) is 5.41 Å². The first-order valence-corrected chi connectivity index (χ1v) is 7.15. The molecule has 1 aromatic carbocycles. The van der Waals surface area contributed by atoms with Crippen molar-refractivity contribution in [2.45, 2.75) is 38.5 Å². The molecule has 3 heteroatoms. The summed E-state index contributed by atoms with van der Waals surface area (Å²) in [4.78, 5) is 0. The van der Waals surface area contributed by atoms with Gasteiger partial charge in [-0.1, -0.05) is 44.0 Å². The number of halogens is 2. The number of hydrogen-bond acceptors (Lipinski definition) is 1. The minimum absolute atomic E-state index is 0.0923. The van der Waals surface area contributed by atoms with Gasteiger partial charge in [-0.15, -0.1) is 0 Å². The Morgan fingerprint density at radius 1 is 1.50 bits per heavy atom. The van der Waals surface area contributed by atoms with Crippen molar-refractivity contribution in [1.29, 1.82) is 0 Å². The molecule has 1 N–H and O–H groups in total. The van der Waals surface area contributed by atoms with Crippen molar-refractivity contribution in [2.75, 3.05) is 13.1 Å². The molecule has 18 heavy (non-hydrogen) atoms. The molecule has 2 rings (SSSR count). The van der Waals surface area contributed by atoms with Crippen LogP contribution in [0.15, 0.2) is 18.2 Å². The minimum Gasteiger partial charge on any atom is -0.316 e. The average Bonchev–Trinajstić information content (AvgIpc) is 2.73. The molecule has 2 atom stereocenters. The molecule has 1 fully saturated rings. The summed E-state index contributed by atoms with van der Waals surface area (Å²) in [5.41, 5.74) is 0.700. The molecule has 1 aromatic rings. The molecule has 1 aliphatic carbocycles. The molecule has 1 aliphatic rings. The molecule has 0 aliphatic heterocycles. The van der Waals surface area contributed by atoms with Gasteiger partial charge in [-0.25, -0.2) is 4.39 Å². The number of hydrogen-bond donors (Lipinski definition) is 1. The van der Waals surface area contributed by atoms with Crippen molar-refractivity contribution in [1.82, 2.24) is 5.32 Å². The van der Waals surface area contributed by atoms with Gasteiger partial charge >= 0.3 is 0 Å². The number of benzene rings is 1. The Hall–Kier alpha value is -0.600. The van der Waals surface area contributed by atoms with Crippen LogP contribution in [0.3, 0.4) is 0 Å².